The number of aromatic amines is 1. The number of H-pyrrole nitrogens is 1. The van der Waals surface area contributed by atoms with Crippen molar-refractivity contribution in [3.8, 4) is 11.5 Å². The number of aliphatic hydroxyl groups excluding tert-OH is 1. The number of amides is 1. The van der Waals surface area contributed by atoms with E-state index in [-0.39, 0.29) is 18.9 Å². The summed E-state index contributed by atoms with van der Waals surface area (Å²) in [5.74, 6) is 1.12. The standard InChI is InChI=1S/C26H26N2O4.C6H12O/c1-17-21(22-13-20(31-2)9-10-23(22)27-17)14-26(30)28-24-12-19(15-29)8-11-25(24)32-16-18-6-4-3-5-7-18;1-2-3-4-5-6-7/h3-13,27,29H,14-16H2,1-2H3,(H,28,30);6H,2-5H2,1H3. The molecule has 39 heavy (non-hydrogen) atoms. The SMILES string of the molecule is CCCCCC=O.COc1ccc2[nH]c(C)c(CC(=O)Nc3cc(CO)ccc3OCc3ccccc3)c2c1. The average Bonchev–Trinajstić information content (AvgIpc) is 3.27. The van der Waals surface area contributed by atoms with Crippen LogP contribution in [0.1, 0.15) is 55.0 Å². The third-order valence-corrected chi connectivity index (χ3v) is 6.33. The first kappa shape index (κ1) is 29.5. The van der Waals surface area contributed by atoms with Crippen molar-refractivity contribution in [2.75, 3.05) is 12.4 Å². The molecule has 0 saturated carbocycles. The van der Waals surface area contributed by atoms with Crippen LogP contribution in [0, 0.1) is 6.92 Å². The van der Waals surface area contributed by atoms with Gasteiger partial charge in [-0.3, -0.25) is 4.79 Å². The molecule has 0 radical (unpaired) electrons. The van der Waals surface area contributed by atoms with Crippen LogP contribution in [0.4, 0.5) is 5.69 Å². The Balaban J connectivity index is 0.000000532. The second kappa shape index (κ2) is 15.3. The molecule has 1 aromatic heterocycles. The molecule has 4 rings (SSSR count). The molecule has 0 fully saturated rings. The third-order valence-electron chi connectivity index (χ3n) is 6.33. The Bertz CT molecular complexity index is 1350. The van der Waals surface area contributed by atoms with Gasteiger partial charge in [0.1, 0.15) is 24.4 Å². The lowest BCUT2D eigenvalue weighted by molar-refractivity contribution is -0.115. The number of hydrogen-bond donors (Lipinski definition) is 3. The Morgan fingerprint density at radius 2 is 1.82 bits per heavy atom. The molecule has 0 aliphatic rings. The largest absolute Gasteiger partial charge is 0.497 e. The predicted molar refractivity (Wildman–Crippen MR) is 155 cm³/mol. The summed E-state index contributed by atoms with van der Waals surface area (Å²) in [5.41, 5.74) is 5.07. The van der Waals surface area contributed by atoms with Crippen molar-refractivity contribution in [1.82, 2.24) is 4.98 Å². The monoisotopic (exact) mass is 530 g/mol. The zero-order chi connectivity index (χ0) is 28.0. The minimum Gasteiger partial charge on any atom is -0.497 e. The maximum atomic E-state index is 13.0. The molecule has 3 aromatic carbocycles. The molecule has 0 unspecified atom stereocenters. The number of aryl methyl sites for hydroxylation is 1. The summed E-state index contributed by atoms with van der Waals surface area (Å²) in [6.45, 7) is 4.34. The molecule has 0 atom stereocenters. The van der Waals surface area contributed by atoms with Gasteiger partial charge in [-0.15, -0.1) is 0 Å². The fraction of sp³-hybridized carbons (Fsp3) is 0.312. The summed E-state index contributed by atoms with van der Waals surface area (Å²) in [6, 6.07) is 20.9. The van der Waals surface area contributed by atoms with Gasteiger partial charge in [-0.1, -0.05) is 56.2 Å². The van der Waals surface area contributed by atoms with Gasteiger partial charge in [-0.2, -0.15) is 0 Å². The van der Waals surface area contributed by atoms with E-state index in [0.717, 1.165) is 52.6 Å². The number of methoxy groups -OCH3 is 1. The van der Waals surface area contributed by atoms with Crippen LogP contribution in [-0.4, -0.2) is 29.4 Å². The number of aldehydes is 1. The van der Waals surface area contributed by atoms with Crippen molar-refractivity contribution in [2.24, 2.45) is 0 Å². The van der Waals surface area contributed by atoms with Crippen LogP contribution < -0.4 is 14.8 Å². The van der Waals surface area contributed by atoms with Crippen LogP contribution in [-0.2, 0) is 29.2 Å². The van der Waals surface area contributed by atoms with Crippen LogP contribution in [0.5, 0.6) is 11.5 Å². The van der Waals surface area contributed by atoms with Gasteiger partial charge in [0.15, 0.2) is 0 Å². The fourth-order valence-corrected chi connectivity index (χ4v) is 4.18. The number of carbonyl (C=O) groups excluding carboxylic acids is 2. The van der Waals surface area contributed by atoms with Gasteiger partial charge in [0.05, 0.1) is 25.8 Å². The molecule has 0 aliphatic heterocycles. The molecule has 0 bridgehead atoms. The van der Waals surface area contributed by atoms with E-state index in [1.807, 2.05) is 55.5 Å². The Morgan fingerprint density at radius 3 is 2.51 bits per heavy atom. The minimum atomic E-state index is -0.170. The molecule has 7 nitrogen and oxygen atoms in total. The highest BCUT2D eigenvalue weighted by Crippen LogP contribution is 2.29. The zero-order valence-electron chi connectivity index (χ0n) is 23.0. The van der Waals surface area contributed by atoms with Gasteiger partial charge < -0.3 is 29.7 Å². The lowest BCUT2D eigenvalue weighted by Crippen LogP contribution is -2.16. The van der Waals surface area contributed by atoms with Crippen molar-refractivity contribution in [1.29, 1.82) is 0 Å². The lowest BCUT2D eigenvalue weighted by atomic mass is 10.1. The predicted octanol–water partition coefficient (Wildman–Crippen LogP) is 6.50. The second-order valence-electron chi connectivity index (χ2n) is 9.29. The summed E-state index contributed by atoms with van der Waals surface area (Å²) in [4.78, 5) is 26.0. The number of ether oxygens (including phenoxy) is 2. The number of aromatic nitrogens is 1. The quantitative estimate of drug-likeness (QED) is 0.143. The molecule has 1 amide bonds. The van der Waals surface area contributed by atoms with E-state index in [0.29, 0.717) is 23.6 Å². The van der Waals surface area contributed by atoms with Gasteiger partial charge in [0, 0.05) is 23.0 Å². The average molecular weight is 531 g/mol. The molecule has 0 saturated heterocycles. The molecule has 1 heterocycles. The molecule has 4 aromatic rings. The summed E-state index contributed by atoms with van der Waals surface area (Å²) < 4.78 is 11.3. The van der Waals surface area contributed by atoms with Gasteiger partial charge >= 0.3 is 0 Å². The first-order valence-electron chi connectivity index (χ1n) is 13.3. The highest BCUT2D eigenvalue weighted by Gasteiger charge is 2.15. The summed E-state index contributed by atoms with van der Waals surface area (Å²) in [7, 11) is 1.62. The van der Waals surface area contributed by atoms with Crippen molar-refractivity contribution in [2.45, 2.75) is 59.2 Å². The van der Waals surface area contributed by atoms with Gasteiger partial charge in [-0.25, -0.2) is 0 Å². The molecular formula is C32H38N2O5. The summed E-state index contributed by atoms with van der Waals surface area (Å²) in [5, 5.41) is 13.5. The summed E-state index contributed by atoms with van der Waals surface area (Å²) >= 11 is 0. The first-order chi connectivity index (χ1) is 19.0. The first-order valence-corrected chi connectivity index (χ1v) is 13.3. The highest BCUT2D eigenvalue weighted by atomic mass is 16.5. The number of benzene rings is 3. The Labute approximate surface area is 230 Å². The second-order valence-corrected chi connectivity index (χ2v) is 9.29. The van der Waals surface area contributed by atoms with Crippen LogP contribution in [0.25, 0.3) is 10.9 Å². The fourth-order valence-electron chi connectivity index (χ4n) is 4.18. The maximum Gasteiger partial charge on any atom is 0.228 e. The van der Waals surface area contributed by atoms with E-state index in [4.69, 9.17) is 9.47 Å². The minimum absolute atomic E-state index is 0.122. The van der Waals surface area contributed by atoms with Crippen LogP contribution in [0.15, 0.2) is 66.7 Å². The number of nitrogens with one attached hydrogen (secondary N) is 2. The van der Waals surface area contributed by atoms with E-state index >= 15 is 0 Å². The number of aliphatic hydroxyl groups is 1. The van der Waals surface area contributed by atoms with Gasteiger partial charge in [0.2, 0.25) is 5.91 Å². The number of rotatable bonds is 12. The number of carbonyl (C=O) groups is 2. The molecule has 3 N–H and O–H groups in total. The molecule has 0 spiro atoms. The lowest BCUT2D eigenvalue weighted by Gasteiger charge is -2.14. The molecule has 0 aliphatic carbocycles. The van der Waals surface area contributed by atoms with Crippen molar-refractivity contribution >= 4 is 28.8 Å². The van der Waals surface area contributed by atoms with Crippen molar-refractivity contribution < 1.29 is 24.2 Å². The molecule has 206 valence electrons. The summed E-state index contributed by atoms with van der Waals surface area (Å²) in [6.07, 6.45) is 5.39. The van der Waals surface area contributed by atoms with E-state index < -0.39 is 0 Å². The number of fused-ring (bicyclic) bond motifs is 1. The van der Waals surface area contributed by atoms with Crippen LogP contribution >= 0.6 is 0 Å². The van der Waals surface area contributed by atoms with Gasteiger partial charge in [0.25, 0.3) is 0 Å². The Hall–Kier alpha value is -4.10. The zero-order valence-corrected chi connectivity index (χ0v) is 23.0. The normalized spacial score (nSPS) is 10.5. The molecule has 7 heteroatoms. The smallest absolute Gasteiger partial charge is 0.228 e. The highest BCUT2D eigenvalue weighted by molar-refractivity contribution is 5.97. The maximum absolute atomic E-state index is 13.0. The van der Waals surface area contributed by atoms with E-state index in [2.05, 4.69) is 17.2 Å². The topological polar surface area (TPSA) is 101 Å². The Morgan fingerprint density at radius 1 is 1.03 bits per heavy atom. The van der Waals surface area contributed by atoms with Crippen LogP contribution in [0.2, 0.25) is 0 Å². The van der Waals surface area contributed by atoms with E-state index in [1.54, 1.807) is 25.3 Å². The number of anilines is 1. The van der Waals surface area contributed by atoms with Crippen molar-refractivity contribution in [3.05, 3.63) is 89.1 Å². The number of hydrogen-bond acceptors (Lipinski definition) is 5. The van der Waals surface area contributed by atoms with Crippen LogP contribution in [0.3, 0.4) is 0 Å². The van der Waals surface area contributed by atoms with Gasteiger partial charge in [-0.05, 0) is 60.4 Å². The third kappa shape index (κ3) is 8.72. The van der Waals surface area contributed by atoms with E-state index in [9.17, 15) is 14.7 Å². The Kier molecular flexibility index (Phi) is 11.6. The molecular weight excluding hydrogens is 492 g/mol. The number of unbranched alkanes of at least 4 members (excludes halogenated alkanes) is 3. The van der Waals surface area contributed by atoms with E-state index in [1.165, 1.54) is 12.8 Å². The van der Waals surface area contributed by atoms with Crippen molar-refractivity contribution in [3.63, 3.8) is 0 Å².